The molecule has 0 saturated carbocycles. The number of alkyl halides is 1. The van der Waals surface area contributed by atoms with E-state index in [1.165, 1.54) is 36.0 Å². The highest BCUT2D eigenvalue weighted by molar-refractivity contribution is 9.09. The minimum atomic E-state index is 0.310. The van der Waals surface area contributed by atoms with Gasteiger partial charge in [-0.05, 0) is 53.5 Å². The van der Waals surface area contributed by atoms with Gasteiger partial charge in [0.2, 0.25) is 0 Å². The molecule has 0 N–H and O–H groups in total. The number of fused-ring (bicyclic) bond motifs is 1. The highest BCUT2D eigenvalue weighted by Crippen LogP contribution is 2.33. The zero-order chi connectivity index (χ0) is 13.2. The van der Waals surface area contributed by atoms with Crippen LogP contribution in [0.3, 0.4) is 0 Å². The first-order valence-corrected chi connectivity index (χ1v) is 8.04. The summed E-state index contributed by atoms with van der Waals surface area (Å²) >= 11 is 3.85. The van der Waals surface area contributed by atoms with Crippen molar-refractivity contribution in [3.63, 3.8) is 0 Å². The van der Waals surface area contributed by atoms with Gasteiger partial charge < -0.3 is 0 Å². The molecule has 0 radical (unpaired) electrons. The van der Waals surface area contributed by atoms with E-state index in [4.69, 9.17) is 0 Å². The summed E-state index contributed by atoms with van der Waals surface area (Å²) in [7, 11) is 0. The smallest absolute Gasteiger partial charge is 0.0644 e. The molecule has 0 heterocycles. The van der Waals surface area contributed by atoms with Crippen molar-refractivity contribution in [1.82, 2.24) is 0 Å². The van der Waals surface area contributed by atoms with Crippen LogP contribution in [0.2, 0.25) is 0 Å². The summed E-state index contributed by atoms with van der Waals surface area (Å²) in [5.74, 6) is 0. The van der Waals surface area contributed by atoms with Gasteiger partial charge in [0.05, 0.1) is 4.83 Å². The van der Waals surface area contributed by atoms with Crippen molar-refractivity contribution in [2.24, 2.45) is 0 Å². The molecule has 1 atom stereocenters. The van der Waals surface area contributed by atoms with Crippen molar-refractivity contribution < 1.29 is 0 Å². The van der Waals surface area contributed by atoms with Gasteiger partial charge in [0.1, 0.15) is 0 Å². The molecule has 1 unspecified atom stereocenters. The Morgan fingerprint density at radius 2 is 1.63 bits per heavy atom. The molecule has 2 aromatic rings. The lowest BCUT2D eigenvalue weighted by Crippen LogP contribution is -1.95. The Balaban J connectivity index is 1.88. The van der Waals surface area contributed by atoms with E-state index in [1.54, 1.807) is 11.1 Å². The Labute approximate surface area is 124 Å². The van der Waals surface area contributed by atoms with Gasteiger partial charge >= 0.3 is 0 Å². The highest BCUT2D eigenvalue weighted by Gasteiger charge is 2.15. The van der Waals surface area contributed by atoms with Gasteiger partial charge in [-0.15, -0.1) is 0 Å². The third-order valence-corrected chi connectivity index (χ3v) is 5.15. The van der Waals surface area contributed by atoms with Gasteiger partial charge in [0, 0.05) is 0 Å². The van der Waals surface area contributed by atoms with E-state index in [-0.39, 0.29) is 0 Å². The Kier molecular flexibility index (Phi) is 3.74. The van der Waals surface area contributed by atoms with Crippen LogP contribution in [0.15, 0.2) is 42.5 Å². The van der Waals surface area contributed by atoms with Crippen molar-refractivity contribution >= 4 is 15.9 Å². The van der Waals surface area contributed by atoms with Gasteiger partial charge in [0.25, 0.3) is 0 Å². The molecule has 98 valence electrons. The fourth-order valence-electron chi connectivity index (χ4n) is 2.86. The first kappa shape index (κ1) is 12.9. The zero-order valence-corrected chi connectivity index (χ0v) is 12.9. The van der Waals surface area contributed by atoms with Crippen LogP contribution in [0, 0.1) is 0 Å². The SMILES string of the molecule is CCc1ccc(C(Br)c2ccc3c(c2)CCC3)cc1. The average Bonchev–Trinajstić information content (AvgIpc) is 2.94. The van der Waals surface area contributed by atoms with Crippen LogP contribution in [-0.2, 0) is 19.3 Å². The van der Waals surface area contributed by atoms with E-state index in [0.717, 1.165) is 6.42 Å². The molecule has 0 fully saturated rings. The topological polar surface area (TPSA) is 0 Å². The van der Waals surface area contributed by atoms with E-state index in [9.17, 15) is 0 Å². The van der Waals surface area contributed by atoms with Gasteiger partial charge in [-0.2, -0.15) is 0 Å². The van der Waals surface area contributed by atoms with Crippen LogP contribution in [0.4, 0.5) is 0 Å². The lowest BCUT2D eigenvalue weighted by molar-refractivity contribution is 0.911. The van der Waals surface area contributed by atoms with Crippen LogP contribution in [-0.4, -0.2) is 0 Å². The number of benzene rings is 2. The monoisotopic (exact) mass is 314 g/mol. The predicted octanol–water partition coefficient (Wildman–Crippen LogP) is 5.22. The van der Waals surface area contributed by atoms with Gasteiger partial charge in [-0.25, -0.2) is 0 Å². The summed E-state index contributed by atoms with van der Waals surface area (Å²) in [6, 6.07) is 15.9. The average molecular weight is 315 g/mol. The number of hydrogen-bond acceptors (Lipinski definition) is 0. The number of rotatable bonds is 3. The molecule has 0 aromatic heterocycles. The quantitative estimate of drug-likeness (QED) is 0.681. The molecule has 1 aliphatic rings. The van der Waals surface area contributed by atoms with Crippen LogP contribution in [0.25, 0.3) is 0 Å². The second-order valence-electron chi connectivity index (χ2n) is 5.34. The highest BCUT2D eigenvalue weighted by atomic mass is 79.9. The van der Waals surface area contributed by atoms with Crippen LogP contribution >= 0.6 is 15.9 Å². The van der Waals surface area contributed by atoms with Crippen molar-refractivity contribution in [3.05, 3.63) is 70.3 Å². The summed E-state index contributed by atoms with van der Waals surface area (Å²) in [4.78, 5) is 0.310. The van der Waals surface area contributed by atoms with Crippen molar-refractivity contribution in [3.8, 4) is 0 Å². The van der Waals surface area contributed by atoms with E-state index in [0.29, 0.717) is 4.83 Å². The van der Waals surface area contributed by atoms with Gasteiger partial charge in [0.15, 0.2) is 0 Å². The molecule has 1 heteroatoms. The maximum atomic E-state index is 3.85. The minimum Gasteiger partial charge on any atom is -0.0786 e. The Morgan fingerprint density at radius 3 is 2.37 bits per heavy atom. The summed E-state index contributed by atoms with van der Waals surface area (Å²) < 4.78 is 0. The molecular weight excluding hydrogens is 296 g/mol. The van der Waals surface area contributed by atoms with Crippen molar-refractivity contribution in [2.45, 2.75) is 37.4 Å². The second-order valence-corrected chi connectivity index (χ2v) is 6.26. The molecule has 3 rings (SSSR count). The van der Waals surface area contributed by atoms with Gasteiger partial charge in [-0.1, -0.05) is 65.3 Å². The van der Waals surface area contributed by atoms with Crippen molar-refractivity contribution in [1.29, 1.82) is 0 Å². The number of halogens is 1. The van der Waals surface area contributed by atoms with E-state index < -0.39 is 0 Å². The maximum absolute atomic E-state index is 3.85. The summed E-state index contributed by atoms with van der Waals surface area (Å²) in [5, 5.41) is 0. The summed E-state index contributed by atoms with van der Waals surface area (Å²) in [5.41, 5.74) is 7.22. The third-order valence-electron chi connectivity index (χ3n) is 4.10. The molecule has 0 aliphatic heterocycles. The molecular formula is C18H19Br. The normalized spacial score (nSPS) is 15.3. The maximum Gasteiger partial charge on any atom is 0.0644 e. The summed E-state index contributed by atoms with van der Waals surface area (Å²) in [6.45, 7) is 2.20. The van der Waals surface area contributed by atoms with E-state index in [1.807, 2.05) is 0 Å². The fraction of sp³-hybridized carbons (Fsp3) is 0.333. The van der Waals surface area contributed by atoms with Crippen LogP contribution in [0.5, 0.6) is 0 Å². The van der Waals surface area contributed by atoms with Crippen LogP contribution < -0.4 is 0 Å². The molecule has 19 heavy (non-hydrogen) atoms. The van der Waals surface area contributed by atoms with Crippen molar-refractivity contribution in [2.75, 3.05) is 0 Å². The predicted molar refractivity (Wildman–Crippen MR) is 85.1 cm³/mol. The van der Waals surface area contributed by atoms with E-state index >= 15 is 0 Å². The fourth-order valence-corrected chi connectivity index (χ4v) is 3.45. The Morgan fingerprint density at radius 1 is 0.947 bits per heavy atom. The second kappa shape index (κ2) is 5.50. The first-order chi connectivity index (χ1) is 9.28. The van der Waals surface area contributed by atoms with Gasteiger partial charge in [-0.3, -0.25) is 0 Å². The molecule has 0 spiro atoms. The third kappa shape index (κ3) is 2.62. The Hall–Kier alpha value is -1.08. The van der Waals surface area contributed by atoms with Crippen LogP contribution in [0.1, 0.15) is 46.0 Å². The largest absolute Gasteiger partial charge is 0.0786 e. The zero-order valence-electron chi connectivity index (χ0n) is 11.3. The molecule has 0 bridgehead atoms. The Bertz CT molecular complexity index is 569. The molecule has 0 amide bonds. The lowest BCUT2D eigenvalue weighted by Gasteiger charge is -2.13. The lowest BCUT2D eigenvalue weighted by atomic mass is 9.99. The molecule has 1 aliphatic carbocycles. The molecule has 0 saturated heterocycles. The minimum absolute atomic E-state index is 0.310. The standard InChI is InChI=1S/C18H19Br/c1-2-13-6-8-15(9-7-13)18(19)17-11-10-14-4-3-5-16(14)12-17/h6-12,18H,2-5H2,1H3. The number of hydrogen-bond donors (Lipinski definition) is 0. The first-order valence-electron chi connectivity index (χ1n) is 7.12. The summed E-state index contributed by atoms with van der Waals surface area (Å²) in [6.07, 6.45) is 4.93. The van der Waals surface area contributed by atoms with E-state index in [2.05, 4.69) is 65.3 Å². The molecule has 2 aromatic carbocycles. The molecule has 0 nitrogen and oxygen atoms in total. The number of aryl methyl sites for hydroxylation is 3.